The fourth-order valence-corrected chi connectivity index (χ4v) is 1.30. The Morgan fingerprint density at radius 3 is 2.86 bits per heavy atom. The molecule has 2 nitrogen and oxygen atoms in total. The van der Waals surface area contributed by atoms with Crippen LogP contribution >= 0.6 is 15.9 Å². The van der Waals surface area contributed by atoms with Gasteiger partial charge in [0, 0.05) is 20.3 Å². The zero-order valence-electron chi connectivity index (χ0n) is 12.1. The van der Waals surface area contributed by atoms with Crippen molar-refractivity contribution in [2.45, 2.75) is 6.85 Å². The summed E-state index contributed by atoms with van der Waals surface area (Å²) in [6.07, 6.45) is -0.390. The Bertz CT molecular complexity index is 610. The van der Waals surface area contributed by atoms with Crippen molar-refractivity contribution in [3.8, 4) is 11.3 Å². The van der Waals surface area contributed by atoms with Crippen LogP contribution in [0.1, 0.15) is 12.7 Å². The van der Waals surface area contributed by atoms with E-state index in [1.54, 1.807) is 24.3 Å². The average Bonchev–Trinajstić information content (AvgIpc) is 2.32. The Hall–Kier alpha value is -1.22. The second-order valence-corrected chi connectivity index (χ2v) is 3.56. The molecule has 0 amide bonds. The normalized spacial score (nSPS) is 16.2. The van der Waals surface area contributed by atoms with Crippen LogP contribution in [0.3, 0.4) is 0 Å². The van der Waals surface area contributed by atoms with Crippen LogP contribution in [-0.4, -0.2) is 9.97 Å². The van der Waals surface area contributed by atoms with Crippen molar-refractivity contribution in [3.63, 3.8) is 0 Å². The molecule has 0 aliphatic carbocycles. The fraction of sp³-hybridized carbons (Fsp3) is 0.0909. The highest BCUT2D eigenvalue weighted by Crippen LogP contribution is 2.19. The third-order valence-corrected chi connectivity index (χ3v) is 2.20. The smallest absolute Gasteiger partial charge is 0.125 e. The average molecular weight is 254 g/mol. The first-order valence-electron chi connectivity index (χ1n) is 6.40. The van der Waals surface area contributed by atoms with E-state index in [2.05, 4.69) is 25.9 Å². The number of halogens is 1. The van der Waals surface area contributed by atoms with E-state index >= 15 is 0 Å². The topological polar surface area (TPSA) is 25.8 Å². The predicted octanol–water partition coefficient (Wildman–Crippen LogP) is 3.21. The van der Waals surface area contributed by atoms with Crippen molar-refractivity contribution < 1.29 is 6.85 Å². The van der Waals surface area contributed by atoms with Gasteiger partial charge in [0.15, 0.2) is 0 Å². The second-order valence-electron chi connectivity index (χ2n) is 2.64. The van der Waals surface area contributed by atoms with Crippen LogP contribution in [0.5, 0.6) is 0 Å². The molecule has 0 N–H and O–H groups in total. The molecular formula is C11H9BrN2. The van der Waals surface area contributed by atoms with Gasteiger partial charge >= 0.3 is 0 Å². The molecule has 0 unspecified atom stereocenters. The molecule has 14 heavy (non-hydrogen) atoms. The highest BCUT2D eigenvalue weighted by Gasteiger charge is 1.98. The quantitative estimate of drug-likeness (QED) is 0.780. The van der Waals surface area contributed by atoms with Gasteiger partial charge in [-0.3, -0.25) is 0 Å². The summed E-state index contributed by atoms with van der Waals surface area (Å²) in [5.41, 5.74) is 0.730. The van der Waals surface area contributed by atoms with E-state index in [0.29, 0.717) is 5.56 Å². The summed E-state index contributed by atoms with van der Waals surface area (Å²) in [5, 5.41) is 0. The summed E-state index contributed by atoms with van der Waals surface area (Å²) in [4.78, 5) is 7.45. The van der Waals surface area contributed by atoms with Gasteiger partial charge in [-0.2, -0.15) is 0 Å². The Morgan fingerprint density at radius 1 is 1.36 bits per heavy atom. The first-order chi connectivity index (χ1) is 8.79. The van der Waals surface area contributed by atoms with Crippen LogP contribution < -0.4 is 0 Å². The van der Waals surface area contributed by atoms with E-state index in [1.807, 2.05) is 0 Å². The van der Waals surface area contributed by atoms with E-state index in [0.717, 1.165) is 4.47 Å². The molecular weight excluding hydrogens is 240 g/mol. The maximum absolute atomic E-state index is 7.78. The van der Waals surface area contributed by atoms with Crippen LogP contribution in [-0.2, 0) is 0 Å². The molecule has 70 valence electrons. The predicted molar refractivity (Wildman–Crippen MR) is 59.9 cm³/mol. The first kappa shape index (κ1) is 5.03. The van der Waals surface area contributed by atoms with Crippen LogP contribution in [0.2, 0.25) is 0 Å². The molecule has 1 heterocycles. The van der Waals surface area contributed by atoms with Crippen molar-refractivity contribution in [1.82, 2.24) is 9.97 Å². The van der Waals surface area contributed by atoms with Gasteiger partial charge in [0.2, 0.25) is 0 Å². The van der Waals surface area contributed by atoms with E-state index in [4.69, 9.17) is 6.85 Å². The van der Waals surface area contributed by atoms with Gasteiger partial charge in [-0.15, -0.1) is 0 Å². The number of aryl methyl sites for hydroxylation is 1. The van der Waals surface area contributed by atoms with Crippen molar-refractivity contribution in [2.24, 2.45) is 0 Å². The van der Waals surface area contributed by atoms with E-state index in [1.165, 1.54) is 0 Å². The molecule has 2 aromatic rings. The molecule has 3 heteroatoms. The lowest BCUT2D eigenvalue weighted by atomic mass is 10.1. The van der Waals surface area contributed by atoms with Gasteiger partial charge in [-0.1, -0.05) is 28.1 Å². The maximum Gasteiger partial charge on any atom is 0.125 e. The standard InChI is InChI=1S/C11H9BrN2/c1-8-13-7-6-11(14-8)9-2-4-10(12)5-3-9/h2-7H,1H3/i1D3,6D,7D. The van der Waals surface area contributed by atoms with Crippen LogP contribution in [0.15, 0.2) is 41.0 Å². The Balaban J connectivity index is 2.62. The van der Waals surface area contributed by atoms with E-state index < -0.39 is 12.7 Å². The zero-order valence-corrected chi connectivity index (χ0v) is 8.67. The van der Waals surface area contributed by atoms with Gasteiger partial charge in [0.05, 0.1) is 8.44 Å². The SMILES string of the molecule is [2H]c1nc(C([2H])([2H])[2H])nc(-c2ccc(Br)cc2)c1[2H]. The summed E-state index contributed by atoms with van der Waals surface area (Å²) < 4.78 is 38.1. The lowest BCUT2D eigenvalue weighted by molar-refractivity contribution is 1.06. The molecule has 0 bridgehead atoms. The lowest BCUT2D eigenvalue weighted by Crippen LogP contribution is -1.89. The molecule has 0 saturated heterocycles. The van der Waals surface area contributed by atoms with Crippen LogP contribution in [0, 0.1) is 6.85 Å². The van der Waals surface area contributed by atoms with Crippen molar-refractivity contribution in [3.05, 3.63) is 46.8 Å². The van der Waals surface area contributed by atoms with Gasteiger partial charge in [-0.25, -0.2) is 9.97 Å². The maximum atomic E-state index is 7.78. The summed E-state index contributed by atoms with van der Waals surface area (Å²) in [6, 6.07) is 6.74. The highest BCUT2D eigenvalue weighted by molar-refractivity contribution is 9.10. The molecule has 1 aromatic carbocycles. The lowest BCUT2D eigenvalue weighted by Gasteiger charge is -2.00. The second kappa shape index (κ2) is 3.88. The number of rotatable bonds is 1. The Labute approximate surface area is 98.2 Å². The van der Waals surface area contributed by atoms with Crippen LogP contribution in [0.25, 0.3) is 11.3 Å². The minimum absolute atomic E-state index is 0.152. The Kier molecular flexibility index (Phi) is 1.39. The molecule has 0 spiro atoms. The molecule has 0 fully saturated rings. The number of hydrogen-bond acceptors (Lipinski definition) is 2. The van der Waals surface area contributed by atoms with Gasteiger partial charge in [-0.05, 0) is 25.0 Å². The minimum atomic E-state index is -2.49. The molecule has 2 rings (SSSR count). The summed E-state index contributed by atoms with van der Waals surface area (Å²) in [5.74, 6) is -0.411. The molecule has 0 aliphatic heterocycles. The summed E-state index contributed by atoms with van der Waals surface area (Å²) in [7, 11) is 0. The first-order valence-corrected chi connectivity index (χ1v) is 4.70. The number of aromatic nitrogens is 2. The van der Waals surface area contributed by atoms with Crippen molar-refractivity contribution in [1.29, 1.82) is 0 Å². The third-order valence-electron chi connectivity index (χ3n) is 1.67. The number of hydrogen-bond donors (Lipinski definition) is 0. The van der Waals surface area contributed by atoms with E-state index in [-0.39, 0.29) is 17.9 Å². The molecule has 0 atom stereocenters. The fourth-order valence-electron chi connectivity index (χ4n) is 1.04. The third kappa shape index (κ3) is 1.99. The van der Waals surface area contributed by atoms with Crippen molar-refractivity contribution in [2.75, 3.05) is 0 Å². The monoisotopic (exact) mass is 253 g/mol. The molecule has 0 saturated carbocycles. The molecule has 1 aromatic heterocycles. The highest BCUT2D eigenvalue weighted by atomic mass is 79.9. The largest absolute Gasteiger partial charge is 0.242 e. The van der Waals surface area contributed by atoms with Crippen LogP contribution in [0.4, 0.5) is 0 Å². The minimum Gasteiger partial charge on any atom is -0.242 e. The van der Waals surface area contributed by atoms with Gasteiger partial charge < -0.3 is 0 Å². The molecule has 0 radical (unpaired) electrons. The number of nitrogens with zero attached hydrogens (tertiary/aromatic N) is 2. The van der Waals surface area contributed by atoms with E-state index in [9.17, 15) is 0 Å². The van der Waals surface area contributed by atoms with Gasteiger partial charge in [0.25, 0.3) is 0 Å². The molecule has 0 aliphatic rings. The van der Waals surface area contributed by atoms with Crippen molar-refractivity contribution >= 4 is 15.9 Å². The summed E-state index contributed by atoms with van der Waals surface area (Å²) in [6.45, 7) is -2.49. The number of benzene rings is 1. The van der Waals surface area contributed by atoms with Gasteiger partial charge in [0.1, 0.15) is 5.82 Å². The zero-order chi connectivity index (χ0) is 14.2. The Morgan fingerprint density at radius 2 is 2.14 bits per heavy atom. The summed E-state index contributed by atoms with van der Waals surface area (Å²) >= 11 is 3.29.